The molecule has 5 aromatic rings. The van der Waals surface area contributed by atoms with Crippen molar-refractivity contribution in [3.63, 3.8) is 0 Å². The van der Waals surface area contributed by atoms with Crippen LogP contribution in [0.25, 0.3) is 33.9 Å². The van der Waals surface area contributed by atoms with Gasteiger partial charge in [0, 0.05) is 5.39 Å². The van der Waals surface area contributed by atoms with Gasteiger partial charge in [-0.3, -0.25) is 8.80 Å². The second-order valence-electron chi connectivity index (χ2n) is 7.78. The van der Waals surface area contributed by atoms with Crippen molar-refractivity contribution in [2.24, 2.45) is 0 Å². The van der Waals surface area contributed by atoms with Crippen LogP contribution in [0.3, 0.4) is 0 Å². The van der Waals surface area contributed by atoms with Crippen molar-refractivity contribution < 1.29 is 9.26 Å². The molecule has 10 heteroatoms. The number of nitrogens with zero attached hydrogens (tertiary/aromatic N) is 7. The number of hydrogen-bond acceptors (Lipinski definition) is 7. The van der Waals surface area contributed by atoms with E-state index in [2.05, 4.69) is 39.2 Å². The first kappa shape index (κ1) is 16.9. The zero-order chi connectivity index (χ0) is 19.8. The van der Waals surface area contributed by atoms with Gasteiger partial charge in [0.25, 0.3) is 5.89 Å². The summed E-state index contributed by atoms with van der Waals surface area (Å²) in [6, 6.07) is 7.82. The Labute approximate surface area is 169 Å². The lowest BCUT2D eigenvalue weighted by atomic mass is 10.1. The second kappa shape index (κ2) is 5.74. The van der Waals surface area contributed by atoms with Gasteiger partial charge in [-0.15, -0.1) is 10.2 Å². The van der Waals surface area contributed by atoms with Gasteiger partial charge < -0.3 is 9.26 Å². The smallest absolute Gasteiger partial charge is 0.296 e. The Morgan fingerprint density at radius 2 is 2.03 bits per heavy atom. The summed E-state index contributed by atoms with van der Waals surface area (Å²) in [6.45, 7) is 4.12. The zero-order valence-corrected chi connectivity index (χ0v) is 16.5. The first-order valence-corrected chi connectivity index (χ1v) is 9.70. The minimum absolute atomic E-state index is 0.188. The molecule has 0 N–H and O–H groups in total. The molecule has 0 amide bonds. The minimum Gasteiger partial charge on any atom is -0.364 e. The van der Waals surface area contributed by atoms with Crippen LogP contribution in [0.2, 0.25) is 5.28 Å². The third kappa shape index (κ3) is 2.41. The molecule has 1 saturated heterocycles. The number of para-hydroxylation sites is 1. The SMILES string of the molecule is CC1(C)CCC(c2noc(-c3nnc4c5ccccc5n5c(Cl)ncc5n34)n2)O1. The second-order valence-corrected chi connectivity index (χ2v) is 8.12. The first-order valence-electron chi connectivity index (χ1n) is 9.32. The van der Waals surface area contributed by atoms with Crippen LogP contribution in [0.5, 0.6) is 0 Å². The lowest BCUT2D eigenvalue weighted by Crippen LogP contribution is -2.17. The Bertz CT molecular complexity index is 1400. The molecule has 146 valence electrons. The highest BCUT2D eigenvalue weighted by atomic mass is 35.5. The van der Waals surface area contributed by atoms with Crippen LogP contribution in [0, 0.1) is 0 Å². The molecular formula is C19H16ClN7O2. The molecule has 1 unspecified atom stereocenters. The van der Waals surface area contributed by atoms with E-state index in [1.165, 1.54) is 0 Å². The van der Waals surface area contributed by atoms with Gasteiger partial charge in [-0.25, -0.2) is 4.98 Å². The van der Waals surface area contributed by atoms with Crippen LogP contribution >= 0.6 is 11.6 Å². The highest BCUT2D eigenvalue weighted by molar-refractivity contribution is 6.29. The Morgan fingerprint density at radius 1 is 1.17 bits per heavy atom. The number of rotatable bonds is 2. The van der Waals surface area contributed by atoms with Crippen LogP contribution in [0.15, 0.2) is 35.0 Å². The number of fused-ring (bicyclic) bond motifs is 6. The van der Waals surface area contributed by atoms with Gasteiger partial charge >= 0.3 is 0 Å². The van der Waals surface area contributed by atoms with E-state index in [-0.39, 0.29) is 17.6 Å². The topological polar surface area (TPSA) is 95.6 Å². The van der Waals surface area contributed by atoms with E-state index in [0.29, 0.717) is 28.2 Å². The number of ether oxygens (including phenoxy) is 1. The van der Waals surface area contributed by atoms with Gasteiger partial charge in [0.05, 0.1) is 17.3 Å². The quantitative estimate of drug-likeness (QED) is 0.436. The number of hydrogen-bond donors (Lipinski definition) is 0. The predicted molar refractivity (Wildman–Crippen MR) is 105 cm³/mol. The van der Waals surface area contributed by atoms with Gasteiger partial charge in [-0.2, -0.15) is 4.98 Å². The van der Waals surface area contributed by atoms with E-state index >= 15 is 0 Å². The maximum absolute atomic E-state index is 6.36. The maximum Gasteiger partial charge on any atom is 0.296 e. The fourth-order valence-corrected chi connectivity index (χ4v) is 4.22. The van der Waals surface area contributed by atoms with E-state index in [0.717, 1.165) is 23.7 Å². The molecule has 0 radical (unpaired) electrons. The molecule has 1 aliphatic rings. The summed E-state index contributed by atoms with van der Waals surface area (Å²) >= 11 is 6.36. The Hall–Kier alpha value is -3.04. The van der Waals surface area contributed by atoms with Crippen molar-refractivity contribution in [1.29, 1.82) is 0 Å². The molecule has 1 aliphatic heterocycles. The van der Waals surface area contributed by atoms with Crippen LogP contribution < -0.4 is 0 Å². The van der Waals surface area contributed by atoms with Crippen LogP contribution in [-0.4, -0.2) is 39.7 Å². The maximum atomic E-state index is 6.36. The van der Waals surface area contributed by atoms with E-state index in [4.69, 9.17) is 20.9 Å². The fraction of sp³-hybridized carbons (Fsp3) is 0.316. The number of imidazole rings is 1. The highest BCUT2D eigenvalue weighted by Crippen LogP contribution is 2.38. The highest BCUT2D eigenvalue weighted by Gasteiger charge is 2.35. The van der Waals surface area contributed by atoms with E-state index in [1.807, 2.05) is 33.1 Å². The minimum atomic E-state index is -0.188. The van der Waals surface area contributed by atoms with Crippen molar-refractivity contribution in [1.82, 2.24) is 34.1 Å². The molecule has 1 fully saturated rings. The van der Waals surface area contributed by atoms with E-state index < -0.39 is 0 Å². The van der Waals surface area contributed by atoms with E-state index in [9.17, 15) is 0 Å². The molecule has 1 atom stereocenters. The third-order valence-corrected chi connectivity index (χ3v) is 5.64. The summed E-state index contributed by atoms with van der Waals surface area (Å²) in [5, 5.41) is 14.1. The van der Waals surface area contributed by atoms with Crippen LogP contribution in [-0.2, 0) is 4.74 Å². The van der Waals surface area contributed by atoms with Gasteiger partial charge in [0.2, 0.25) is 16.9 Å². The Morgan fingerprint density at radius 3 is 2.86 bits per heavy atom. The molecule has 29 heavy (non-hydrogen) atoms. The molecule has 0 bridgehead atoms. The first-order chi connectivity index (χ1) is 14.0. The molecule has 6 rings (SSSR count). The molecular weight excluding hydrogens is 394 g/mol. The summed E-state index contributed by atoms with van der Waals surface area (Å²) < 4.78 is 15.2. The van der Waals surface area contributed by atoms with Gasteiger partial charge in [-0.05, 0) is 50.4 Å². The summed E-state index contributed by atoms with van der Waals surface area (Å²) in [5.41, 5.74) is 2.08. The standard InChI is InChI=1S/C19H16ClN7O2/c1-19(2)8-7-12(28-19)14-22-17(29-25-14)16-24-23-15-10-5-3-4-6-11(10)26-13(27(15)16)9-21-18(26)20/h3-6,9,12H,7-8H2,1-2H3. The van der Waals surface area contributed by atoms with Gasteiger partial charge in [0.1, 0.15) is 11.8 Å². The molecule has 5 heterocycles. The molecule has 4 aromatic heterocycles. The average Bonchev–Trinajstić information content (AvgIpc) is 3.46. The van der Waals surface area contributed by atoms with Gasteiger partial charge in [0.15, 0.2) is 5.65 Å². The third-order valence-electron chi connectivity index (χ3n) is 5.37. The van der Waals surface area contributed by atoms with Crippen molar-refractivity contribution in [2.75, 3.05) is 0 Å². The zero-order valence-electron chi connectivity index (χ0n) is 15.7. The monoisotopic (exact) mass is 409 g/mol. The molecule has 1 aromatic carbocycles. The lowest BCUT2D eigenvalue weighted by molar-refractivity contribution is -0.0207. The average molecular weight is 410 g/mol. The van der Waals surface area contributed by atoms with Crippen LogP contribution in [0.1, 0.15) is 38.6 Å². The van der Waals surface area contributed by atoms with E-state index in [1.54, 1.807) is 6.20 Å². The Kier molecular flexibility index (Phi) is 3.34. The summed E-state index contributed by atoms with van der Waals surface area (Å²) in [6.07, 6.45) is 3.27. The molecule has 9 nitrogen and oxygen atoms in total. The molecule has 0 aliphatic carbocycles. The lowest BCUT2D eigenvalue weighted by Gasteiger charge is -2.17. The number of aromatic nitrogens is 7. The number of benzene rings is 1. The van der Waals surface area contributed by atoms with Gasteiger partial charge in [-0.1, -0.05) is 17.3 Å². The van der Waals surface area contributed by atoms with Crippen molar-refractivity contribution in [3.05, 3.63) is 41.6 Å². The number of halogens is 1. The van der Waals surface area contributed by atoms with Crippen LogP contribution in [0.4, 0.5) is 0 Å². The normalized spacial score (nSPS) is 19.1. The largest absolute Gasteiger partial charge is 0.364 e. The fourth-order valence-electron chi connectivity index (χ4n) is 3.99. The predicted octanol–water partition coefficient (Wildman–Crippen LogP) is 3.86. The van der Waals surface area contributed by atoms with Crippen molar-refractivity contribution in [2.45, 2.75) is 38.4 Å². The van der Waals surface area contributed by atoms with Crippen molar-refractivity contribution >= 4 is 33.8 Å². The Balaban J connectivity index is 1.57. The summed E-state index contributed by atoms with van der Waals surface area (Å²) in [5.74, 6) is 1.23. The summed E-state index contributed by atoms with van der Waals surface area (Å²) in [4.78, 5) is 8.82. The van der Waals surface area contributed by atoms with Crippen molar-refractivity contribution in [3.8, 4) is 11.7 Å². The summed E-state index contributed by atoms with van der Waals surface area (Å²) in [7, 11) is 0. The molecule has 0 spiro atoms. The molecule has 0 saturated carbocycles.